The summed E-state index contributed by atoms with van der Waals surface area (Å²) >= 11 is 0. The molecule has 190 valence electrons. The smallest absolute Gasteiger partial charge is 0.329 e. The third-order valence-electron chi connectivity index (χ3n) is 5.67. The number of benzene rings is 2. The van der Waals surface area contributed by atoms with Crippen LogP contribution in [-0.2, 0) is 6.18 Å². The van der Waals surface area contributed by atoms with Crippen molar-refractivity contribution in [2.24, 2.45) is 0 Å². The SMILES string of the molecule is O=C(Nc1cc(-c2ccncc2)nn1-c1ccc(F)cc1)c1ccc(C(F)(F)F)c(-c2cc[nH]c(=O)c2)c1. The molecule has 2 N–H and O–H groups in total. The quantitative estimate of drug-likeness (QED) is 0.292. The first-order valence-corrected chi connectivity index (χ1v) is 11.2. The summed E-state index contributed by atoms with van der Waals surface area (Å²) in [7, 11) is 0. The van der Waals surface area contributed by atoms with Gasteiger partial charge in [-0.3, -0.25) is 14.6 Å². The van der Waals surface area contributed by atoms with Gasteiger partial charge in [0.25, 0.3) is 5.91 Å². The van der Waals surface area contributed by atoms with Crippen molar-refractivity contribution in [1.29, 1.82) is 0 Å². The zero-order chi connectivity index (χ0) is 26.9. The minimum atomic E-state index is -4.71. The molecule has 0 aliphatic rings. The van der Waals surface area contributed by atoms with Crippen LogP contribution in [0.25, 0.3) is 28.1 Å². The van der Waals surface area contributed by atoms with Gasteiger partial charge in [0.15, 0.2) is 0 Å². The van der Waals surface area contributed by atoms with Crippen molar-refractivity contribution in [3.8, 4) is 28.1 Å². The number of aromatic nitrogens is 4. The maximum atomic E-state index is 13.7. The number of rotatable bonds is 5. The number of pyridine rings is 2. The number of nitrogens with one attached hydrogen (secondary N) is 2. The van der Waals surface area contributed by atoms with E-state index in [1.165, 1.54) is 41.2 Å². The lowest BCUT2D eigenvalue weighted by molar-refractivity contribution is -0.137. The molecule has 0 bridgehead atoms. The Hall–Kier alpha value is -5.06. The number of halogens is 4. The summed E-state index contributed by atoms with van der Waals surface area (Å²) in [5.74, 6) is -0.974. The Morgan fingerprint density at radius 1 is 0.895 bits per heavy atom. The van der Waals surface area contributed by atoms with E-state index in [1.54, 1.807) is 30.6 Å². The zero-order valence-corrected chi connectivity index (χ0v) is 19.3. The highest BCUT2D eigenvalue weighted by atomic mass is 19.4. The second kappa shape index (κ2) is 9.77. The molecule has 1 amide bonds. The summed E-state index contributed by atoms with van der Waals surface area (Å²) < 4.78 is 56.1. The lowest BCUT2D eigenvalue weighted by Gasteiger charge is -2.15. The fourth-order valence-electron chi connectivity index (χ4n) is 3.89. The third-order valence-corrected chi connectivity index (χ3v) is 5.67. The lowest BCUT2D eigenvalue weighted by atomic mass is 9.97. The van der Waals surface area contributed by atoms with Crippen molar-refractivity contribution in [3.63, 3.8) is 0 Å². The summed E-state index contributed by atoms with van der Waals surface area (Å²) in [6.07, 6.45) is -0.341. The number of hydrogen-bond donors (Lipinski definition) is 2. The average molecular weight is 519 g/mol. The van der Waals surface area contributed by atoms with E-state index >= 15 is 0 Å². The molecule has 0 unspecified atom stereocenters. The van der Waals surface area contributed by atoms with Crippen LogP contribution < -0.4 is 10.9 Å². The summed E-state index contributed by atoms with van der Waals surface area (Å²) in [6.45, 7) is 0. The molecule has 0 spiro atoms. The van der Waals surface area contributed by atoms with Crippen molar-refractivity contribution < 1.29 is 22.4 Å². The van der Waals surface area contributed by atoms with Gasteiger partial charge in [0.2, 0.25) is 5.56 Å². The average Bonchev–Trinajstić information content (AvgIpc) is 3.32. The van der Waals surface area contributed by atoms with Crippen LogP contribution in [0.3, 0.4) is 0 Å². The van der Waals surface area contributed by atoms with E-state index < -0.39 is 29.0 Å². The molecule has 5 aromatic rings. The summed E-state index contributed by atoms with van der Waals surface area (Å²) in [5.41, 5.74) is -0.350. The van der Waals surface area contributed by atoms with Gasteiger partial charge in [-0.25, -0.2) is 9.07 Å². The minimum absolute atomic E-state index is 0.00653. The highest BCUT2D eigenvalue weighted by Gasteiger charge is 2.34. The Kier molecular flexibility index (Phi) is 6.33. The molecule has 0 fully saturated rings. The lowest BCUT2D eigenvalue weighted by Crippen LogP contribution is -2.16. The molecule has 0 saturated heterocycles. The van der Waals surface area contributed by atoms with Gasteiger partial charge in [0.05, 0.1) is 16.9 Å². The molecule has 0 saturated carbocycles. The molecule has 38 heavy (non-hydrogen) atoms. The molecule has 7 nitrogen and oxygen atoms in total. The Labute approximate surface area is 212 Å². The van der Waals surface area contributed by atoms with Gasteiger partial charge in [-0.1, -0.05) is 0 Å². The van der Waals surface area contributed by atoms with E-state index in [9.17, 15) is 27.2 Å². The Morgan fingerprint density at radius 3 is 2.32 bits per heavy atom. The van der Waals surface area contributed by atoms with Gasteiger partial charge in [0, 0.05) is 41.9 Å². The van der Waals surface area contributed by atoms with Crippen molar-refractivity contribution in [1.82, 2.24) is 19.7 Å². The first kappa shape index (κ1) is 24.6. The van der Waals surface area contributed by atoms with Crippen LogP contribution in [0.5, 0.6) is 0 Å². The summed E-state index contributed by atoms with van der Waals surface area (Å²) in [6, 6.07) is 15.7. The number of anilines is 1. The fourth-order valence-corrected chi connectivity index (χ4v) is 3.89. The molecule has 0 aliphatic heterocycles. The maximum absolute atomic E-state index is 13.7. The number of aromatic amines is 1. The van der Waals surface area contributed by atoms with Crippen molar-refractivity contribution in [2.75, 3.05) is 5.32 Å². The summed E-state index contributed by atoms with van der Waals surface area (Å²) in [4.78, 5) is 31.3. The standard InChI is InChI=1S/C27H17F4N5O2/c28-19-2-4-20(5-3-19)36-24(15-23(35-36)16-7-10-32-11-8-16)34-26(38)18-1-6-22(27(29,30)31)21(13-18)17-9-12-33-25(37)14-17/h1-15H,(H,33,37)(H,34,38). The number of nitrogens with zero attached hydrogens (tertiary/aromatic N) is 3. The first-order valence-electron chi connectivity index (χ1n) is 11.2. The van der Waals surface area contributed by atoms with Crippen LogP contribution in [0.15, 0.2) is 96.2 Å². The Balaban J connectivity index is 1.56. The van der Waals surface area contributed by atoms with E-state index in [0.29, 0.717) is 16.9 Å². The van der Waals surface area contributed by atoms with Gasteiger partial charge in [-0.2, -0.15) is 18.3 Å². The second-order valence-electron chi connectivity index (χ2n) is 8.19. The molecule has 3 aromatic heterocycles. The Morgan fingerprint density at radius 2 is 1.63 bits per heavy atom. The van der Waals surface area contributed by atoms with E-state index in [1.807, 2.05) is 0 Å². The van der Waals surface area contributed by atoms with Crippen LogP contribution in [0.2, 0.25) is 0 Å². The number of H-pyrrole nitrogens is 1. The molecular formula is C27H17F4N5O2. The molecular weight excluding hydrogens is 502 g/mol. The normalized spacial score (nSPS) is 11.4. The van der Waals surface area contributed by atoms with Gasteiger partial charge in [0.1, 0.15) is 11.6 Å². The largest absolute Gasteiger partial charge is 0.417 e. The molecule has 11 heteroatoms. The first-order chi connectivity index (χ1) is 18.2. The fraction of sp³-hybridized carbons (Fsp3) is 0.0370. The van der Waals surface area contributed by atoms with Crippen LogP contribution in [0.4, 0.5) is 23.4 Å². The Bertz CT molecular complexity index is 1680. The number of hydrogen-bond acceptors (Lipinski definition) is 4. The van der Waals surface area contributed by atoms with Crippen LogP contribution in [-0.4, -0.2) is 25.7 Å². The molecule has 3 heterocycles. The van der Waals surface area contributed by atoms with Gasteiger partial charge in [-0.05, 0) is 71.8 Å². The maximum Gasteiger partial charge on any atom is 0.417 e. The van der Waals surface area contributed by atoms with E-state index in [4.69, 9.17) is 0 Å². The van der Waals surface area contributed by atoms with Crippen LogP contribution in [0.1, 0.15) is 15.9 Å². The summed E-state index contributed by atoms with van der Waals surface area (Å²) in [5, 5.41) is 7.19. The topological polar surface area (TPSA) is 92.7 Å². The zero-order valence-electron chi connectivity index (χ0n) is 19.3. The molecule has 2 aromatic carbocycles. The van der Waals surface area contributed by atoms with E-state index in [2.05, 4.69) is 20.4 Å². The highest BCUT2D eigenvalue weighted by molar-refractivity contribution is 6.05. The molecule has 0 aliphatic carbocycles. The predicted molar refractivity (Wildman–Crippen MR) is 132 cm³/mol. The third kappa shape index (κ3) is 5.07. The monoisotopic (exact) mass is 519 g/mol. The van der Waals surface area contributed by atoms with E-state index in [-0.39, 0.29) is 22.5 Å². The van der Waals surface area contributed by atoms with Crippen molar-refractivity contribution >= 4 is 11.7 Å². The number of carbonyl (C=O) groups is 1. The predicted octanol–water partition coefficient (Wildman–Crippen LogP) is 5.70. The number of amides is 1. The van der Waals surface area contributed by atoms with Crippen molar-refractivity contribution in [2.45, 2.75) is 6.18 Å². The van der Waals surface area contributed by atoms with Gasteiger partial charge < -0.3 is 10.3 Å². The second-order valence-corrected chi connectivity index (χ2v) is 8.19. The molecule has 5 rings (SSSR count). The highest BCUT2D eigenvalue weighted by Crippen LogP contribution is 2.37. The number of alkyl halides is 3. The van der Waals surface area contributed by atoms with Crippen molar-refractivity contribution in [3.05, 3.63) is 119 Å². The molecule has 0 radical (unpaired) electrons. The molecule has 0 atom stereocenters. The van der Waals surface area contributed by atoms with Crippen LogP contribution >= 0.6 is 0 Å². The van der Waals surface area contributed by atoms with Gasteiger partial charge >= 0.3 is 6.18 Å². The minimum Gasteiger partial charge on any atom is -0.329 e. The number of carbonyl (C=O) groups excluding carboxylic acids is 1. The van der Waals surface area contributed by atoms with E-state index in [0.717, 1.165) is 24.3 Å². The van der Waals surface area contributed by atoms with Gasteiger partial charge in [-0.15, -0.1) is 0 Å². The van der Waals surface area contributed by atoms with Crippen LogP contribution in [0, 0.1) is 5.82 Å².